The number of H-pyrrole nitrogens is 2. The number of aromatic amines is 2. The molecule has 0 unspecified atom stereocenters. The van der Waals surface area contributed by atoms with E-state index in [2.05, 4.69) is 198 Å². The normalized spacial score (nSPS) is 12.0. The van der Waals surface area contributed by atoms with Crippen molar-refractivity contribution in [3.63, 3.8) is 0 Å². The molecular weight excluding hydrogens is 769 g/mol. The fourth-order valence-electron chi connectivity index (χ4n) is 9.20. The molecule has 0 aliphatic carbocycles. The Bertz CT molecular complexity index is 3220. The van der Waals surface area contributed by atoms with Crippen molar-refractivity contribution < 1.29 is 0 Å². The van der Waals surface area contributed by atoms with Crippen LogP contribution in [0.3, 0.4) is 0 Å². The van der Waals surface area contributed by atoms with E-state index in [9.17, 15) is 0 Å². The SMILES string of the molecule is C#Cc1ccc(-c2c3nc(c(-c4c(C)cc(C)cc4C)c4ccc([nH]4)c(-c4ccc(C#C[Si](C)(C)C)cc4)c4nc(c(-c5c(C)cc(C)cc5C)c5ccc2[nH]5)C=C4)C=C3)cc1. The summed E-state index contributed by atoms with van der Waals surface area (Å²) in [6, 6.07) is 34.6. The van der Waals surface area contributed by atoms with E-state index in [1.807, 2.05) is 12.1 Å². The summed E-state index contributed by atoms with van der Waals surface area (Å²) in [5, 5.41) is 0. The van der Waals surface area contributed by atoms with Crippen LogP contribution in [0.5, 0.6) is 0 Å². The fraction of sp³-hybridized carbons (Fsp3) is 0.158. The van der Waals surface area contributed by atoms with Crippen LogP contribution in [-0.4, -0.2) is 28.0 Å². The summed E-state index contributed by atoms with van der Waals surface area (Å²) in [4.78, 5) is 18.9. The third kappa shape index (κ3) is 7.58. The molecule has 62 heavy (non-hydrogen) atoms. The van der Waals surface area contributed by atoms with E-state index in [4.69, 9.17) is 16.4 Å². The first kappa shape index (κ1) is 40.2. The van der Waals surface area contributed by atoms with Gasteiger partial charge in [-0.25, -0.2) is 9.97 Å². The van der Waals surface area contributed by atoms with Gasteiger partial charge in [0, 0.05) is 55.4 Å². The van der Waals surface area contributed by atoms with Crippen molar-refractivity contribution in [3.05, 3.63) is 164 Å². The lowest BCUT2D eigenvalue weighted by molar-refractivity contribution is 1.28. The summed E-state index contributed by atoms with van der Waals surface area (Å²) in [5.74, 6) is 6.23. The summed E-state index contributed by atoms with van der Waals surface area (Å²) >= 11 is 0. The van der Waals surface area contributed by atoms with Crippen LogP contribution in [-0.2, 0) is 0 Å². The van der Waals surface area contributed by atoms with Gasteiger partial charge in [0.2, 0.25) is 0 Å². The second kappa shape index (κ2) is 15.7. The number of benzene rings is 4. The summed E-state index contributed by atoms with van der Waals surface area (Å²) < 4.78 is 0. The third-order valence-corrected chi connectivity index (χ3v) is 12.6. The molecule has 5 heterocycles. The topological polar surface area (TPSA) is 57.4 Å². The predicted octanol–water partition coefficient (Wildman–Crippen LogP) is 14.4. The van der Waals surface area contributed by atoms with E-state index in [-0.39, 0.29) is 0 Å². The van der Waals surface area contributed by atoms with Crippen LogP contribution in [0.25, 0.3) is 90.9 Å². The first-order valence-electron chi connectivity index (χ1n) is 21.3. The predicted molar refractivity (Wildman–Crippen MR) is 267 cm³/mol. The highest BCUT2D eigenvalue weighted by Crippen LogP contribution is 2.41. The fourth-order valence-corrected chi connectivity index (χ4v) is 9.72. The van der Waals surface area contributed by atoms with Gasteiger partial charge in [-0.05, 0) is 159 Å². The van der Waals surface area contributed by atoms with Gasteiger partial charge < -0.3 is 9.97 Å². The van der Waals surface area contributed by atoms with Crippen LogP contribution in [0.15, 0.2) is 97.1 Å². The molecule has 8 bridgehead atoms. The molecule has 0 spiro atoms. The highest BCUT2D eigenvalue weighted by atomic mass is 28.3. The molecule has 0 saturated heterocycles. The number of aromatic nitrogens is 4. The molecule has 5 heteroatoms. The van der Waals surface area contributed by atoms with Gasteiger partial charge in [-0.2, -0.15) is 0 Å². The molecule has 2 N–H and O–H groups in total. The molecule has 4 nitrogen and oxygen atoms in total. The summed E-state index contributed by atoms with van der Waals surface area (Å²) in [7, 11) is -1.55. The molecular formula is C57H50N4Si. The van der Waals surface area contributed by atoms with E-state index in [0.29, 0.717) is 0 Å². The molecule has 4 aromatic carbocycles. The largest absolute Gasteiger partial charge is 0.354 e. The molecule has 2 aliphatic heterocycles. The Kier molecular flexibility index (Phi) is 10.2. The van der Waals surface area contributed by atoms with E-state index >= 15 is 0 Å². The Morgan fingerprint density at radius 3 is 1.13 bits per heavy atom. The molecule has 3 aromatic heterocycles. The van der Waals surface area contributed by atoms with E-state index in [1.54, 1.807) is 0 Å². The van der Waals surface area contributed by atoms with Gasteiger partial charge in [0.15, 0.2) is 0 Å². The Hall–Kier alpha value is -7.18. The summed E-state index contributed by atoms with van der Waals surface area (Å²) in [6.45, 7) is 19.9. The molecule has 2 aliphatic rings. The minimum atomic E-state index is -1.55. The van der Waals surface area contributed by atoms with Gasteiger partial charge in [0.05, 0.1) is 22.8 Å². The third-order valence-electron chi connectivity index (χ3n) is 11.7. The number of hydrogen-bond acceptors (Lipinski definition) is 2. The zero-order chi connectivity index (χ0) is 43.4. The number of fused-ring (bicyclic) bond motifs is 8. The van der Waals surface area contributed by atoms with Gasteiger partial charge in [-0.15, -0.1) is 12.0 Å². The standard InChI is InChI=1S/C57H50N4Si/c1-11-40-12-16-42(17-13-40)54-44-20-24-48(58-44)56(52-36(4)30-34(2)31-37(52)5)50-26-22-46(60-50)55(43-18-14-41(15-19-43)28-29-62(8,9)10)47-23-27-51(61-47)57(49-25-21-45(54)59-49)53-38(6)32-35(3)33-39(53)7/h1,12-27,30-33,58,61H,2-10H3. The summed E-state index contributed by atoms with van der Waals surface area (Å²) in [6.07, 6.45) is 14.5. The smallest absolute Gasteiger partial charge is 0.129 e. The van der Waals surface area contributed by atoms with Gasteiger partial charge in [0.1, 0.15) is 8.07 Å². The lowest BCUT2D eigenvalue weighted by Crippen LogP contribution is -2.16. The van der Waals surface area contributed by atoms with Gasteiger partial charge in [0.25, 0.3) is 0 Å². The molecule has 0 saturated carbocycles. The van der Waals surface area contributed by atoms with Crippen LogP contribution in [0.2, 0.25) is 19.6 Å². The number of nitrogens with one attached hydrogen (secondary N) is 2. The van der Waals surface area contributed by atoms with Gasteiger partial charge >= 0.3 is 0 Å². The number of rotatable bonds is 4. The van der Waals surface area contributed by atoms with Crippen molar-refractivity contribution in [1.29, 1.82) is 0 Å². The molecule has 0 radical (unpaired) electrons. The zero-order valence-electron chi connectivity index (χ0n) is 37.0. The first-order chi connectivity index (χ1) is 29.7. The Balaban J connectivity index is 1.46. The molecule has 0 atom stereocenters. The second-order valence-electron chi connectivity index (χ2n) is 17.8. The maximum Gasteiger partial charge on any atom is 0.129 e. The zero-order valence-corrected chi connectivity index (χ0v) is 38.0. The second-order valence-corrected chi connectivity index (χ2v) is 22.6. The van der Waals surface area contributed by atoms with Crippen molar-refractivity contribution in [2.75, 3.05) is 0 Å². The maximum absolute atomic E-state index is 5.83. The van der Waals surface area contributed by atoms with E-state index in [0.717, 1.165) is 89.4 Å². The average Bonchev–Trinajstić information content (AvgIpc) is 4.07. The van der Waals surface area contributed by atoms with Crippen LogP contribution in [0.1, 0.15) is 67.3 Å². The summed E-state index contributed by atoms with van der Waals surface area (Å²) in [5.41, 5.74) is 28.5. The van der Waals surface area contributed by atoms with Gasteiger partial charge in [-0.3, -0.25) is 0 Å². The Morgan fingerprint density at radius 1 is 0.435 bits per heavy atom. The average molecular weight is 819 g/mol. The van der Waals surface area contributed by atoms with E-state index < -0.39 is 8.07 Å². The number of hydrogen-bond donors (Lipinski definition) is 2. The first-order valence-corrected chi connectivity index (χ1v) is 24.8. The van der Waals surface area contributed by atoms with Crippen molar-refractivity contribution in [3.8, 4) is 68.3 Å². The van der Waals surface area contributed by atoms with Crippen LogP contribution in [0.4, 0.5) is 0 Å². The van der Waals surface area contributed by atoms with Crippen molar-refractivity contribution >= 4 is 54.4 Å². The monoisotopic (exact) mass is 818 g/mol. The number of nitrogens with zero attached hydrogens (tertiary/aromatic N) is 2. The lowest BCUT2D eigenvalue weighted by atomic mass is 9.92. The number of aryl methyl sites for hydroxylation is 6. The minimum absolute atomic E-state index is 0.830. The van der Waals surface area contributed by atoms with Crippen LogP contribution in [0, 0.1) is 65.4 Å². The highest BCUT2D eigenvalue weighted by molar-refractivity contribution is 6.83. The Morgan fingerprint density at radius 2 is 0.774 bits per heavy atom. The number of terminal acetylenes is 1. The van der Waals surface area contributed by atoms with Crippen molar-refractivity contribution in [1.82, 2.24) is 19.9 Å². The highest BCUT2D eigenvalue weighted by Gasteiger charge is 2.22. The van der Waals surface area contributed by atoms with Crippen molar-refractivity contribution in [2.45, 2.75) is 61.2 Å². The van der Waals surface area contributed by atoms with Crippen molar-refractivity contribution in [2.24, 2.45) is 0 Å². The molecule has 302 valence electrons. The van der Waals surface area contributed by atoms with E-state index in [1.165, 1.54) is 44.5 Å². The van der Waals surface area contributed by atoms with Crippen LogP contribution < -0.4 is 0 Å². The van der Waals surface area contributed by atoms with Crippen LogP contribution >= 0.6 is 0 Å². The Labute approximate surface area is 366 Å². The quantitative estimate of drug-likeness (QED) is 0.137. The molecule has 0 fully saturated rings. The minimum Gasteiger partial charge on any atom is -0.354 e. The molecule has 9 rings (SSSR count). The molecule has 7 aromatic rings. The molecule has 0 amide bonds. The van der Waals surface area contributed by atoms with Gasteiger partial charge in [-0.1, -0.05) is 91.1 Å². The maximum atomic E-state index is 5.83. The lowest BCUT2D eigenvalue weighted by Gasteiger charge is -2.13.